The number of nitrogens with two attached hydrogens (primary N) is 1. The Morgan fingerprint density at radius 2 is 1.40 bits per heavy atom. The molecular formula is C47H47N11O5. The van der Waals surface area contributed by atoms with Gasteiger partial charge in [0, 0.05) is 75.4 Å². The molecule has 4 fully saturated rings. The number of aromatic nitrogens is 5. The Bertz CT molecular complexity index is 2750. The van der Waals surface area contributed by atoms with Crippen LogP contribution in [0.1, 0.15) is 71.3 Å². The predicted molar refractivity (Wildman–Crippen MR) is 236 cm³/mol. The standard InChI is InChI=1S/C47H47N11O5/c48-43-41-42(29-6-9-36(10-7-29)63-35-4-2-1-3-5-35)52-58(44(41)50-28-49-43)31-16-21-54(22-17-31)33-18-23-55(25-33)34-26-56(27-34)30-14-19-53(20-15-30)32-8-11-37-38(24-32)47(62)57(46(37)61)39-12-13-40(59)51-45(39)60/h1-11,18,23-25,28,30-31,34,39H,12-17,19-22,26-27H2,(H2,48,49,50)(H,51,59,60). The molecule has 320 valence electrons. The van der Waals surface area contributed by atoms with Gasteiger partial charge in [0.2, 0.25) is 11.8 Å². The largest absolute Gasteiger partial charge is 0.457 e. The van der Waals surface area contributed by atoms with Gasteiger partial charge in [-0.15, -0.1) is 0 Å². The number of carbonyl (C=O) groups excluding carboxylic acids is 4. The zero-order valence-electron chi connectivity index (χ0n) is 34.7. The molecule has 3 N–H and O–H groups in total. The second kappa shape index (κ2) is 15.7. The topological polar surface area (TPSA) is 177 Å². The van der Waals surface area contributed by atoms with E-state index >= 15 is 0 Å². The number of nitrogens with one attached hydrogen (secondary N) is 1. The van der Waals surface area contributed by atoms with Crippen LogP contribution in [0.5, 0.6) is 11.5 Å². The zero-order chi connectivity index (χ0) is 42.8. The van der Waals surface area contributed by atoms with Gasteiger partial charge in [-0.05, 0) is 92.8 Å². The van der Waals surface area contributed by atoms with E-state index in [0.29, 0.717) is 29.0 Å². The van der Waals surface area contributed by atoms with Crippen molar-refractivity contribution in [1.82, 2.24) is 39.4 Å². The van der Waals surface area contributed by atoms with Gasteiger partial charge in [-0.25, -0.2) is 14.6 Å². The van der Waals surface area contributed by atoms with Crippen LogP contribution < -0.4 is 25.6 Å². The van der Waals surface area contributed by atoms with E-state index in [0.717, 1.165) is 109 Å². The van der Waals surface area contributed by atoms with E-state index in [1.807, 2.05) is 60.7 Å². The number of fused-ring (bicyclic) bond motifs is 2. The zero-order valence-corrected chi connectivity index (χ0v) is 34.7. The van der Waals surface area contributed by atoms with Crippen molar-refractivity contribution in [3.63, 3.8) is 0 Å². The molecule has 6 aromatic rings. The minimum absolute atomic E-state index is 0.0972. The van der Waals surface area contributed by atoms with Crippen LogP contribution in [0.15, 0.2) is 97.6 Å². The van der Waals surface area contributed by atoms with Crippen LogP contribution in [-0.4, -0.2) is 109 Å². The first kappa shape index (κ1) is 38.8. The monoisotopic (exact) mass is 845 g/mol. The van der Waals surface area contributed by atoms with Crippen LogP contribution in [0.2, 0.25) is 0 Å². The molecule has 16 nitrogen and oxygen atoms in total. The summed E-state index contributed by atoms with van der Waals surface area (Å²) in [6.07, 6.45) is 10.1. The minimum atomic E-state index is -0.968. The molecule has 4 amide bonds. The van der Waals surface area contributed by atoms with E-state index in [1.54, 1.807) is 12.1 Å². The number of hydrogen-bond donors (Lipinski definition) is 2. The number of amides is 4. The lowest BCUT2D eigenvalue weighted by Gasteiger charge is -2.48. The Morgan fingerprint density at radius 1 is 0.698 bits per heavy atom. The van der Waals surface area contributed by atoms with Gasteiger partial charge in [-0.3, -0.25) is 34.3 Å². The van der Waals surface area contributed by atoms with Gasteiger partial charge < -0.3 is 24.8 Å². The summed E-state index contributed by atoms with van der Waals surface area (Å²) in [4.78, 5) is 68.1. The van der Waals surface area contributed by atoms with E-state index in [9.17, 15) is 19.2 Å². The Morgan fingerprint density at radius 3 is 2.14 bits per heavy atom. The number of anilines is 3. The smallest absolute Gasteiger partial charge is 0.262 e. The number of carbonyl (C=O) groups is 4. The summed E-state index contributed by atoms with van der Waals surface area (Å²) in [5, 5.41) is 8.15. The normalized spacial score (nSPS) is 20.4. The maximum absolute atomic E-state index is 13.4. The number of benzene rings is 3. The Kier molecular flexibility index (Phi) is 9.66. The molecule has 3 aromatic heterocycles. The van der Waals surface area contributed by atoms with Crippen molar-refractivity contribution >= 4 is 51.9 Å². The molecule has 16 heteroatoms. The van der Waals surface area contributed by atoms with E-state index in [-0.39, 0.29) is 24.8 Å². The number of ether oxygens (including phenoxy) is 1. The summed E-state index contributed by atoms with van der Waals surface area (Å²) in [6, 6.07) is 25.4. The van der Waals surface area contributed by atoms with Crippen LogP contribution in [0.3, 0.4) is 0 Å². The third-order valence-corrected chi connectivity index (χ3v) is 13.6. The summed E-state index contributed by atoms with van der Waals surface area (Å²) in [5.41, 5.74) is 11.7. The Labute approximate surface area is 363 Å². The molecule has 3 aromatic carbocycles. The van der Waals surface area contributed by atoms with E-state index in [2.05, 4.69) is 57.7 Å². The molecule has 0 aliphatic carbocycles. The van der Waals surface area contributed by atoms with Crippen molar-refractivity contribution in [2.24, 2.45) is 0 Å². The molecule has 5 aliphatic rings. The molecule has 5 aliphatic heterocycles. The summed E-state index contributed by atoms with van der Waals surface area (Å²) in [5.74, 6) is -0.00282. The average molecular weight is 846 g/mol. The van der Waals surface area contributed by atoms with Gasteiger partial charge in [-0.1, -0.05) is 18.2 Å². The van der Waals surface area contributed by atoms with Gasteiger partial charge in [0.25, 0.3) is 11.8 Å². The van der Waals surface area contributed by atoms with Crippen LogP contribution in [-0.2, 0) is 9.59 Å². The molecule has 8 heterocycles. The van der Waals surface area contributed by atoms with Crippen LogP contribution in [0.4, 0.5) is 17.2 Å². The maximum Gasteiger partial charge on any atom is 0.262 e. The highest BCUT2D eigenvalue weighted by Crippen LogP contribution is 2.38. The molecule has 63 heavy (non-hydrogen) atoms. The van der Waals surface area contributed by atoms with Gasteiger partial charge in [0.1, 0.15) is 35.4 Å². The van der Waals surface area contributed by atoms with Crippen molar-refractivity contribution in [2.75, 3.05) is 54.8 Å². The van der Waals surface area contributed by atoms with Crippen molar-refractivity contribution in [2.45, 2.75) is 62.7 Å². The van der Waals surface area contributed by atoms with E-state index in [1.165, 1.54) is 12.0 Å². The number of likely N-dealkylation sites (tertiary alicyclic amines) is 1. The fourth-order valence-corrected chi connectivity index (χ4v) is 10.1. The molecule has 11 rings (SSSR count). The number of rotatable bonds is 9. The van der Waals surface area contributed by atoms with Gasteiger partial charge in [0.05, 0.1) is 34.3 Å². The fraction of sp³-hybridized carbons (Fsp3) is 0.340. The second-order valence-corrected chi connectivity index (χ2v) is 17.2. The summed E-state index contributed by atoms with van der Waals surface area (Å²) in [7, 11) is 0. The Hall–Kier alpha value is -7.07. The van der Waals surface area contributed by atoms with Crippen molar-refractivity contribution in [3.8, 4) is 22.8 Å². The molecular weight excluding hydrogens is 799 g/mol. The van der Waals surface area contributed by atoms with Crippen molar-refractivity contribution in [3.05, 3.63) is 109 Å². The Balaban J connectivity index is 0.680. The first-order valence-electron chi connectivity index (χ1n) is 21.8. The molecule has 0 saturated carbocycles. The summed E-state index contributed by atoms with van der Waals surface area (Å²) >= 11 is 0. The molecule has 4 saturated heterocycles. The third kappa shape index (κ3) is 7.03. The van der Waals surface area contributed by atoms with Gasteiger partial charge in [0.15, 0.2) is 5.65 Å². The number of hydrogen-bond acceptors (Lipinski definition) is 12. The number of piperidine rings is 3. The molecule has 0 radical (unpaired) electrons. The maximum atomic E-state index is 13.4. The number of nitrogen functional groups attached to an aromatic ring is 1. The first-order chi connectivity index (χ1) is 30.8. The highest BCUT2D eigenvalue weighted by molar-refractivity contribution is 6.23. The highest BCUT2D eigenvalue weighted by atomic mass is 16.5. The van der Waals surface area contributed by atoms with Crippen LogP contribution >= 0.6 is 0 Å². The lowest BCUT2D eigenvalue weighted by molar-refractivity contribution is -0.136. The summed E-state index contributed by atoms with van der Waals surface area (Å²) < 4.78 is 10.4. The first-order valence-corrected chi connectivity index (χ1v) is 21.8. The second-order valence-electron chi connectivity index (χ2n) is 17.2. The average Bonchev–Trinajstić information content (AvgIpc) is 4.00. The lowest BCUT2D eigenvalue weighted by Crippen LogP contribution is -2.55. The fourth-order valence-electron chi connectivity index (χ4n) is 10.1. The predicted octanol–water partition coefficient (Wildman–Crippen LogP) is 5.44. The van der Waals surface area contributed by atoms with Gasteiger partial charge >= 0.3 is 0 Å². The van der Waals surface area contributed by atoms with Crippen LogP contribution in [0.25, 0.3) is 22.3 Å². The van der Waals surface area contributed by atoms with Crippen molar-refractivity contribution < 1.29 is 23.9 Å². The lowest BCUT2D eigenvalue weighted by atomic mass is 9.96. The molecule has 1 unspecified atom stereocenters. The highest BCUT2D eigenvalue weighted by Gasteiger charge is 2.45. The number of imide groups is 2. The van der Waals surface area contributed by atoms with E-state index < -0.39 is 23.8 Å². The molecule has 1 atom stereocenters. The quantitative estimate of drug-likeness (QED) is 0.177. The number of para-hydroxylation sites is 1. The van der Waals surface area contributed by atoms with Crippen molar-refractivity contribution in [1.29, 1.82) is 0 Å². The SMILES string of the molecule is Nc1ncnc2c1c(-c1ccc(Oc3ccccc3)cc1)nn2C1CCN(c2ccn(C3CN(C4CCN(c5ccc6c(c5)C(=O)N(C5CCC(=O)NC5=O)C6=O)CC4)C3)c2)CC1. The van der Waals surface area contributed by atoms with Gasteiger partial charge in [-0.2, -0.15) is 5.10 Å². The summed E-state index contributed by atoms with van der Waals surface area (Å²) in [6.45, 7) is 5.52. The molecule has 0 spiro atoms. The molecule has 0 bridgehead atoms. The third-order valence-electron chi connectivity index (χ3n) is 13.6. The van der Waals surface area contributed by atoms with Crippen LogP contribution in [0, 0.1) is 0 Å². The number of nitrogens with zero attached hydrogens (tertiary/aromatic N) is 9. The minimum Gasteiger partial charge on any atom is -0.457 e. The van der Waals surface area contributed by atoms with E-state index in [4.69, 9.17) is 15.6 Å².